The first-order chi connectivity index (χ1) is 14.7. The van der Waals surface area contributed by atoms with E-state index in [2.05, 4.69) is 10.9 Å². The quantitative estimate of drug-likeness (QED) is 0.639. The van der Waals surface area contributed by atoms with Gasteiger partial charge in [-0.05, 0) is 42.0 Å². The first kappa shape index (κ1) is 19.3. The predicted octanol–water partition coefficient (Wildman–Crippen LogP) is 2.87. The summed E-state index contributed by atoms with van der Waals surface area (Å²) in [6, 6.07) is 23.5. The van der Waals surface area contributed by atoms with Crippen LogP contribution in [0.2, 0.25) is 0 Å². The van der Waals surface area contributed by atoms with Gasteiger partial charge in [-0.15, -0.1) is 0 Å². The SMILES string of the molecule is O=C(NNC(=O)C1COc2ccccc2O1)c1ccc(OCc2ccccc2)cc1. The molecular formula is C23H20N2O5. The van der Waals surface area contributed by atoms with Crippen molar-refractivity contribution in [1.29, 1.82) is 0 Å². The number of fused-ring (bicyclic) bond motifs is 1. The molecule has 1 unspecified atom stereocenters. The minimum Gasteiger partial charge on any atom is -0.489 e. The lowest BCUT2D eigenvalue weighted by atomic mass is 10.2. The smallest absolute Gasteiger partial charge is 0.283 e. The molecule has 1 heterocycles. The van der Waals surface area contributed by atoms with Gasteiger partial charge < -0.3 is 14.2 Å². The highest BCUT2D eigenvalue weighted by Gasteiger charge is 2.27. The Labute approximate surface area is 173 Å². The molecule has 4 rings (SSSR count). The van der Waals surface area contributed by atoms with Crippen LogP contribution in [0, 0.1) is 0 Å². The molecule has 0 bridgehead atoms. The summed E-state index contributed by atoms with van der Waals surface area (Å²) in [6.45, 7) is 0.501. The van der Waals surface area contributed by atoms with Gasteiger partial charge in [-0.25, -0.2) is 0 Å². The maximum Gasteiger partial charge on any atom is 0.283 e. The van der Waals surface area contributed by atoms with Crippen molar-refractivity contribution in [3.8, 4) is 17.2 Å². The van der Waals surface area contributed by atoms with Crippen LogP contribution in [-0.2, 0) is 11.4 Å². The standard InChI is InChI=1S/C23H20N2O5/c26-22(17-10-12-18(13-11-17)28-14-16-6-2-1-3-7-16)24-25-23(27)21-15-29-19-8-4-5-9-20(19)30-21/h1-13,21H,14-15H2,(H,24,26)(H,25,27). The molecule has 3 aromatic rings. The fourth-order valence-corrected chi connectivity index (χ4v) is 2.86. The van der Waals surface area contributed by atoms with Gasteiger partial charge >= 0.3 is 0 Å². The van der Waals surface area contributed by atoms with Gasteiger partial charge in [-0.2, -0.15) is 0 Å². The second-order valence-electron chi connectivity index (χ2n) is 6.61. The third-order valence-electron chi connectivity index (χ3n) is 4.47. The lowest BCUT2D eigenvalue weighted by Gasteiger charge is -2.25. The van der Waals surface area contributed by atoms with Crippen molar-refractivity contribution in [3.63, 3.8) is 0 Å². The van der Waals surface area contributed by atoms with Gasteiger partial charge in [-0.1, -0.05) is 42.5 Å². The van der Waals surface area contributed by atoms with Gasteiger partial charge in [-0.3, -0.25) is 20.4 Å². The Kier molecular flexibility index (Phi) is 5.80. The molecular weight excluding hydrogens is 384 g/mol. The second kappa shape index (κ2) is 9.00. The molecule has 2 amide bonds. The molecule has 0 fully saturated rings. The topological polar surface area (TPSA) is 85.9 Å². The van der Waals surface area contributed by atoms with Crippen molar-refractivity contribution in [2.24, 2.45) is 0 Å². The van der Waals surface area contributed by atoms with Crippen molar-refractivity contribution in [3.05, 3.63) is 90.0 Å². The third-order valence-corrected chi connectivity index (χ3v) is 4.47. The van der Waals surface area contributed by atoms with Crippen molar-refractivity contribution >= 4 is 11.8 Å². The van der Waals surface area contributed by atoms with Crippen LogP contribution in [0.1, 0.15) is 15.9 Å². The molecule has 1 aliphatic rings. The monoisotopic (exact) mass is 404 g/mol. The molecule has 1 atom stereocenters. The van der Waals surface area contributed by atoms with E-state index in [0.29, 0.717) is 29.4 Å². The Hall–Kier alpha value is -4.00. The fraction of sp³-hybridized carbons (Fsp3) is 0.130. The Bertz CT molecular complexity index is 1020. The number of ether oxygens (including phenoxy) is 3. The van der Waals surface area contributed by atoms with Crippen LogP contribution in [0.3, 0.4) is 0 Å². The van der Waals surface area contributed by atoms with Crippen molar-refractivity contribution in [1.82, 2.24) is 10.9 Å². The molecule has 2 N–H and O–H groups in total. The number of carbonyl (C=O) groups is 2. The largest absolute Gasteiger partial charge is 0.489 e. The molecule has 30 heavy (non-hydrogen) atoms. The summed E-state index contributed by atoms with van der Waals surface area (Å²) in [4.78, 5) is 24.5. The van der Waals surface area contributed by atoms with Crippen molar-refractivity contribution < 1.29 is 23.8 Å². The van der Waals surface area contributed by atoms with Crippen LogP contribution in [0.4, 0.5) is 0 Å². The fourth-order valence-electron chi connectivity index (χ4n) is 2.86. The molecule has 152 valence electrons. The summed E-state index contributed by atoms with van der Waals surface area (Å²) in [5.41, 5.74) is 6.19. The van der Waals surface area contributed by atoms with E-state index in [4.69, 9.17) is 14.2 Å². The Morgan fingerprint density at radius 1 is 0.867 bits per heavy atom. The minimum atomic E-state index is -0.853. The number of nitrogens with one attached hydrogen (secondary N) is 2. The molecule has 0 spiro atoms. The van der Waals surface area contributed by atoms with Gasteiger partial charge in [0.15, 0.2) is 11.5 Å². The third kappa shape index (κ3) is 4.70. The highest BCUT2D eigenvalue weighted by molar-refractivity contribution is 5.95. The molecule has 0 saturated heterocycles. The Balaban J connectivity index is 1.26. The average Bonchev–Trinajstić information content (AvgIpc) is 2.81. The van der Waals surface area contributed by atoms with E-state index in [0.717, 1.165) is 5.56 Å². The lowest BCUT2D eigenvalue weighted by Crippen LogP contribution is -2.50. The number of amides is 2. The van der Waals surface area contributed by atoms with E-state index in [1.54, 1.807) is 42.5 Å². The first-order valence-corrected chi connectivity index (χ1v) is 9.44. The second-order valence-corrected chi connectivity index (χ2v) is 6.61. The van der Waals surface area contributed by atoms with E-state index in [-0.39, 0.29) is 6.61 Å². The summed E-state index contributed by atoms with van der Waals surface area (Å²) in [5.74, 6) is 0.767. The van der Waals surface area contributed by atoms with E-state index in [1.165, 1.54) is 0 Å². The summed E-state index contributed by atoms with van der Waals surface area (Å²) >= 11 is 0. The number of para-hydroxylation sites is 2. The molecule has 0 saturated carbocycles. The summed E-state index contributed by atoms with van der Waals surface area (Å²) in [7, 11) is 0. The molecule has 3 aromatic carbocycles. The number of hydrogen-bond acceptors (Lipinski definition) is 5. The van der Waals surface area contributed by atoms with Crippen LogP contribution in [0.5, 0.6) is 17.2 Å². The van der Waals surface area contributed by atoms with Crippen LogP contribution in [-0.4, -0.2) is 24.5 Å². The van der Waals surface area contributed by atoms with Crippen LogP contribution in [0.25, 0.3) is 0 Å². The molecule has 7 heteroatoms. The minimum absolute atomic E-state index is 0.0617. The van der Waals surface area contributed by atoms with Crippen LogP contribution < -0.4 is 25.1 Å². The maximum absolute atomic E-state index is 12.3. The zero-order valence-corrected chi connectivity index (χ0v) is 16.0. The predicted molar refractivity (Wildman–Crippen MR) is 109 cm³/mol. The van der Waals surface area contributed by atoms with Gasteiger partial charge in [0.2, 0.25) is 6.10 Å². The first-order valence-electron chi connectivity index (χ1n) is 9.44. The highest BCUT2D eigenvalue weighted by Crippen LogP contribution is 2.30. The molecule has 7 nitrogen and oxygen atoms in total. The van der Waals surface area contributed by atoms with Gasteiger partial charge in [0, 0.05) is 5.56 Å². The number of hydrogen-bond donors (Lipinski definition) is 2. The average molecular weight is 404 g/mol. The zero-order chi connectivity index (χ0) is 20.8. The number of benzene rings is 3. The number of rotatable bonds is 5. The van der Waals surface area contributed by atoms with E-state index in [1.807, 2.05) is 36.4 Å². The molecule has 0 aliphatic carbocycles. The zero-order valence-electron chi connectivity index (χ0n) is 16.0. The van der Waals surface area contributed by atoms with Crippen LogP contribution >= 0.6 is 0 Å². The molecule has 0 aromatic heterocycles. The normalized spacial score (nSPS) is 14.5. The van der Waals surface area contributed by atoms with Gasteiger partial charge in [0.05, 0.1) is 0 Å². The number of hydrazine groups is 1. The summed E-state index contributed by atoms with van der Waals surface area (Å²) in [5, 5.41) is 0. The van der Waals surface area contributed by atoms with Crippen LogP contribution in [0.15, 0.2) is 78.9 Å². The van der Waals surface area contributed by atoms with Crippen molar-refractivity contribution in [2.75, 3.05) is 6.61 Å². The molecule has 1 aliphatic heterocycles. The highest BCUT2D eigenvalue weighted by atomic mass is 16.6. The molecule has 0 radical (unpaired) electrons. The lowest BCUT2D eigenvalue weighted by molar-refractivity contribution is -0.131. The van der Waals surface area contributed by atoms with E-state index >= 15 is 0 Å². The summed E-state index contributed by atoms with van der Waals surface area (Å²) < 4.78 is 16.8. The Morgan fingerprint density at radius 2 is 1.57 bits per heavy atom. The van der Waals surface area contributed by atoms with E-state index < -0.39 is 17.9 Å². The Morgan fingerprint density at radius 3 is 2.33 bits per heavy atom. The van der Waals surface area contributed by atoms with Gasteiger partial charge in [0.25, 0.3) is 11.8 Å². The van der Waals surface area contributed by atoms with Gasteiger partial charge in [0.1, 0.15) is 19.0 Å². The summed E-state index contributed by atoms with van der Waals surface area (Å²) in [6.07, 6.45) is -0.853. The van der Waals surface area contributed by atoms with Crippen molar-refractivity contribution in [2.45, 2.75) is 12.7 Å². The maximum atomic E-state index is 12.3. The number of carbonyl (C=O) groups excluding carboxylic acids is 2. The van der Waals surface area contributed by atoms with E-state index in [9.17, 15) is 9.59 Å².